The molecule has 2 aromatic carbocycles. The Morgan fingerprint density at radius 2 is 1.62 bits per heavy atom. The zero-order valence-electron chi connectivity index (χ0n) is 12.9. The standard InChI is InChI=1S/C14H11N3O8S/c18-14(25-9-10-3-1-2-4-13(10)17(21)22)15-26(23,24)12-7-5-11(6-8-12)16(19)20/h1-8H,9H2,(H,15,18). The largest absolute Gasteiger partial charge is 0.444 e. The van der Waals surface area contributed by atoms with E-state index in [1.54, 1.807) is 4.72 Å². The Balaban J connectivity index is 2.05. The van der Waals surface area contributed by atoms with Crippen molar-refractivity contribution in [1.82, 2.24) is 4.72 Å². The highest BCUT2D eigenvalue weighted by molar-refractivity contribution is 7.90. The van der Waals surface area contributed by atoms with Gasteiger partial charge in [0.1, 0.15) is 6.61 Å². The van der Waals surface area contributed by atoms with Crippen molar-refractivity contribution >= 4 is 27.5 Å². The Kier molecular flexibility index (Phi) is 5.47. The summed E-state index contributed by atoms with van der Waals surface area (Å²) in [7, 11) is -4.31. The van der Waals surface area contributed by atoms with Gasteiger partial charge < -0.3 is 4.74 Å². The number of benzene rings is 2. The number of rotatable bonds is 6. The summed E-state index contributed by atoms with van der Waals surface area (Å²) < 4.78 is 30.3. The van der Waals surface area contributed by atoms with Gasteiger partial charge in [-0.3, -0.25) is 20.2 Å². The smallest absolute Gasteiger partial charge is 0.421 e. The van der Waals surface area contributed by atoms with Crippen molar-refractivity contribution in [3.05, 3.63) is 74.3 Å². The van der Waals surface area contributed by atoms with Crippen molar-refractivity contribution in [1.29, 1.82) is 0 Å². The molecular weight excluding hydrogens is 370 g/mol. The van der Waals surface area contributed by atoms with E-state index in [0.29, 0.717) is 0 Å². The number of hydrogen-bond acceptors (Lipinski definition) is 8. The first-order valence-corrected chi connectivity index (χ1v) is 8.35. The van der Waals surface area contributed by atoms with Gasteiger partial charge >= 0.3 is 6.09 Å². The minimum Gasteiger partial charge on any atom is -0.444 e. The van der Waals surface area contributed by atoms with Crippen LogP contribution in [0.25, 0.3) is 0 Å². The van der Waals surface area contributed by atoms with Crippen LogP contribution in [0.15, 0.2) is 53.4 Å². The molecule has 1 amide bonds. The topological polar surface area (TPSA) is 159 Å². The number of sulfonamides is 1. The number of nitro groups is 2. The number of para-hydroxylation sites is 1. The molecule has 2 aromatic rings. The number of amides is 1. The van der Waals surface area contributed by atoms with Crippen molar-refractivity contribution in [2.75, 3.05) is 0 Å². The van der Waals surface area contributed by atoms with Gasteiger partial charge in [0.25, 0.3) is 21.4 Å². The van der Waals surface area contributed by atoms with Crippen LogP contribution in [0, 0.1) is 20.2 Å². The molecule has 0 fully saturated rings. The molecule has 0 spiro atoms. The van der Waals surface area contributed by atoms with E-state index >= 15 is 0 Å². The van der Waals surface area contributed by atoms with E-state index in [1.807, 2.05) is 0 Å². The molecule has 0 bridgehead atoms. The first-order chi connectivity index (χ1) is 12.2. The van der Waals surface area contributed by atoms with Gasteiger partial charge in [-0.2, -0.15) is 0 Å². The lowest BCUT2D eigenvalue weighted by molar-refractivity contribution is -0.385. The lowest BCUT2D eigenvalue weighted by atomic mass is 10.2. The Morgan fingerprint density at radius 1 is 1.00 bits per heavy atom. The molecule has 0 atom stereocenters. The monoisotopic (exact) mass is 381 g/mol. The molecule has 0 aliphatic rings. The van der Waals surface area contributed by atoms with Gasteiger partial charge in [0.15, 0.2) is 0 Å². The summed E-state index contributed by atoms with van der Waals surface area (Å²) >= 11 is 0. The average Bonchev–Trinajstić information content (AvgIpc) is 2.59. The van der Waals surface area contributed by atoms with Gasteiger partial charge in [-0.15, -0.1) is 0 Å². The number of nitro benzene ring substituents is 2. The minimum absolute atomic E-state index is 0.0837. The van der Waals surface area contributed by atoms with E-state index < -0.39 is 32.6 Å². The van der Waals surface area contributed by atoms with Crippen molar-refractivity contribution in [3.63, 3.8) is 0 Å². The van der Waals surface area contributed by atoms with Crippen LogP contribution >= 0.6 is 0 Å². The molecule has 11 nitrogen and oxygen atoms in total. The number of ether oxygens (including phenoxy) is 1. The summed E-state index contributed by atoms with van der Waals surface area (Å²) in [6.45, 7) is -0.515. The second kappa shape index (κ2) is 7.57. The fourth-order valence-electron chi connectivity index (χ4n) is 1.90. The van der Waals surface area contributed by atoms with Gasteiger partial charge in [0, 0.05) is 18.2 Å². The van der Waals surface area contributed by atoms with Crippen molar-refractivity contribution in [2.45, 2.75) is 11.5 Å². The summed E-state index contributed by atoms with van der Waals surface area (Å²) in [6, 6.07) is 9.34. The molecule has 0 heterocycles. The number of nitrogens with zero attached hydrogens (tertiary/aromatic N) is 2. The third-order valence-corrected chi connectivity index (χ3v) is 4.45. The molecule has 12 heteroatoms. The summed E-state index contributed by atoms with van der Waals surface area (Å²) in [4.78, 5) is 31.3. The number of hydrogen-bond donors (Lipinski definition) is 1. The highest BCUT2D eigenvalue weighted by atomic mass is 32.2. The molecule has 0 radical (unpaired) electrons. The molecule has 0 aromatic heterocycles. The van der Waals surface area contributed by atoms with Gasteiger partial charge in [-0.25, -0.2) is 17.9 Å². The summed E-state index contributed by atoms with van der Waals surface area (Å²) in [6.07, 6.45) is -1.35. The quantitative estimate of drug-likeness (QED) is 0.588. The van der Waals surface area contributed by atoms with E-state index in [9.17, 15) is 33.4 Å². The van der Waals surface area contributed by atoms with Gasteiger partial charge in [-0.1, -0.05) is 12.1 Å². The van der Waals surface area contributed by atoms with Crippen LogP contribution in [0.5, 0.6) is 0 Å². The fraction of sp³-hybridized carbons (Fsp3) is 0.0714. The fourth-order valence-corrected chi connectivity index (χ4v) is 2.79. The van der Waals surface area contributed by atoms with Crippen molar-refractivity contribution in [2.24, 2.45) is 0 Å². The Labute approximate surface area is 146 Å². The van der Waals surface area contributed by atoms with E-state index in [1.165, 1.54) is 24.3 Å². The normalized spacial score (nSPS) is 10.8. The molecule has 0 saturated heterocycles. The molecule has 2 rings (SSSR count). The molecular formula is C14H11N3O8S. The second-order valence-corrected chi connectivity index (χ2v) is 6.50. The van der Waals surface area contributed by atoms with Crippen LogP contribution in [0.1, 0.15) is 5.56 Å². The van der Waals surface area contributed by atoms with Gasteiger partial charge in [-0.05, 0) is 18.2 Å². The molecule has 0 aliphatic carbocycles. The maximum absolute atomic E-state index is 12.0. The number of carbonyl (C=O) groups excluding carboxylic acids is 1. The Morgan fingerprint density at radius 3 is 2.19 bits per heavy atom. The van der Waals surface area contributed by atoms with Crippen molar-refractivity contribution < 1.29 is 27.8 Å². The summed E-state index contributed by atoms with van der Waals surface area (Å²) in [5, 5.41) is 21.4. The number of non-ortho nitro benzene ring substituents is 1. The first kappa shape index (κ1) is 18.8. The van der Waals surface area contributed by atoms with Crippen molar-refractivity contribution in [3.8, 4) is 0 Å². The third-order valence-electron chi connectivity index (χ3n) is 3.12. The van der Waals surface area contributed by atoms with Crippen LogP contribution in [0.3, 0.4) is 0 Å². The maximum atomic E-state index is 12.0. The van der Waals surface area contributed by atoms with Crippen LogP contribution in [-0.2, 0) is 21.4 Å². The first-order valence-electron chi connectivity index (χ1n) is 6.87. The third kappa shape index (κ3) is 4.51. The second-order valence-electron chi connectivity index (χ2n) is 4.82. The number of carbonyl (C=O) groups is 1. The molecule has 0 aliphatic heterocycles. The summed E-state index contributed by atoms with van der Waals surface area (Å²) in [5.74, 6) is 0. The highest BCUT2D eigenvalue weighted by Gasteiger charge is 2.21. The van der Waals surface area contributed by atoms with Crippen LogP contribution in [0.4, 0.5) is 16.2 Å². The molecule has 0 unspecified atom stereocenters. The molecule has 26 heavy (non-hydrogen) atoms. The molecule has 0 saturated carbocycles. The molecule has 1 N–H and O–H groups in total. The lowest BCUT2D eigenvalue weighted by Gasteiger charge is -2.08. The Bertz CT molecular complexity index is 956. The minimum atomic E-state index is -4.31. The van der Waals surface area contributed by atoms with Gasteiger partial charge in [0.2, 0.25) is 0 Å². The van der Waals surface area contributed by atoms with Crippen LogP contribution in [0.2, 0.25) is 0 Å². The molecule has 136 valence electrons. The van der Waals surface area contributed by atoms with Crippen LogP contribution < -0.4 is 4.72 Å². The lowest BCUT2D eigenvalue weighted by Crippen LogP contribution is -2.31. The highest BCUT2D eigenvalue weighted by Crippen LogP contribution is 2.19. The predicted octanol–water partition coefficient (Wildman–Crippen LogP) is 2.12. The van der Waals surface area contributed by atoms with Crippen LogP contribution in [-0.4, -0.2) is 24.4 Å². The Hall–Kier alpha value is -3.54. The van der Waals surface area contributed by atoms with E-state index in [-0.39, 0.29) is 21.8 Å². The van der Waals surface area contributed by atoms with Gasteiger partial charge in [0.05, 0.1) is 20.3 Å². The maximum Gasteiger partial charge on any atom is 0.421 e. The summed E-state index contributed by atoms with van der Waals surface area (Å²) in [5.41, 5.74) is -0.512. The SMILES string of the molecule is O=C(NS(=O)(=O)c1ccc([N+](=O)[O-])cc1)OCc1ccccc1[N+](=O)[O-]. The average molecular weight is 381 g/mol. The predicted molar refractivity (Wildman–Crippen MR) is 86.7 cm³/mol. The zero-order chi connectivity index (χ0) is 19.3. The number of nitrogens with one attached hydrogen (secondary N) is 1. The van der Waals surface area contributed by atoms with E-state index in [0.717, 1.165) is 24.3 Å². The zero-order valence-corrected chi connectivity index (χ0v) is 13.7. The van der Waals surface area contributed by atoms with E-state index in [4.69, 9.17) is 4.74 Å². The van der Waals surface area contributed by atoms with E-state index in [2.05, 4.69) is 0 Å².